The van der Waals surface area contributed by atoms with Crippen LogP contribution in [0.15, 0.2) is 53.5 Å². The molecular weight excluding hydrogens is 316 g/mol. The second-order valence-electron chi connectivity index (χ2n) is 5.57. The van der Waals surface area contributed by atoms with Gasteiger partial charge in [0.15, 0.2) is 5.96 Å². The number of phenols is 1. The minimum absolute atomic E-state index is 0.0977. The maximum absolute atomic E-state index is 12.0. The van der Waals surface area contributed by atoms with Crippen molar-refractivity contribution in [2.45, 2.75) is 20.4 Å². The van der Waals surface area contributed by atoms with Gasteiger partial charge in [-0.3, -0.25) is 4.79 Å². The molecule has 0 atom stereocenters. The molecule has 25 heavy (non-hydrogen) atoms. The third-order valence-electron chi connectivity index (χ3n) is 3.58. The number of benzene rings is 2. The summed E-state index contributed by atoms with van der Waals surface area (Å²) in [5, 5.41) is 18.1. The zero-order chi connectivity index (χ0) is 18.1. The number of nitrogens with one attached hydrogen (secondary N) is 3. The second-order valence-corrected chi connectivity index (χ2v) is 5.57. The molecule has 2 aromatic rings. The lowest BCUT2D eigenvalue weighted by Gasteiger charge is -2.12. The van der Waals surface area contributed by atoms with Crippen LogP contribution >= 0.6 is 0 Å². The van der Waals surface area contributed by atoms with Crippen molar-refractivity contribution in [1.29, 1.82) is 0 Å². The number of guanidine groups is 1. The lowest BCUT2D eigenvalue weighted by atomic mass is 10.1. The van der Waals surface area contributed by atoms with E-state index in [4.69, 9.17) is 0 Å². The quantitative estimate of drug-likeness (QED) is 0.369. The Kier molecular flexibility index (Phi) is 6.83. The molecule has 0 unspecified atom stereocenters. The number of aliphatic imine (C=N–C) groups is 1. The fourth-order valence-electron chi connectivity index (χ4n) is 2.21. The first-order valence-corrected chi connectivity index (χ1v) is 8.24. The third-order valence-corrected chi connectivity index (χ3v) is 3.58. The van der Waals surface area contributed by atoms with Gasteiger partial charge in [0.2, 0.25) is 5.91 Å². The van der Waals surface area contributed by atoms with E-state index in [0.717, 1.165) is 5.56 Å². The molecule has 4 N–H and O–H groups in total. The van der Waals surface area contributed by atoms with Gasteiger partial charge in [-0.1, -0.05) is 24.3 Å². The number of rotatable bonds is 6. The average Bonchev–Trinajstić information content (AvgIpc) is 2.60. The number of carbonyl (C=O) groups is 1. The van der Waals surface area contributed by atoms with Crippen molar-refractivity contribution in [2.75, 3.05) is 18.4 Å². The molecule has 2 rings (SSSR count). The van der Waals surface area contributed by atoms with Gasteiger partial charge in [-0.25, -0.2) is 4.99 Å². The molecule has 0 radical (unpaired) electrons. The molecule has 0 fully saturated rings. The van der Waals surface area contributed by atoms with Crippen LogP contribution in [0, 0.1) is 6.92 Å². The summed E-state index contributed by atoms with van der Waals surface area (Å²) in [4.78, 5) is 16.5. The van der Waals surface area contributed by atoms with Crippen LogP contribution in [0.25, 0.3) is 0 Å². The number of anilines is 1. The molecule has 132 valence electrons. The van der Waals surface area contributed by atoms with Crippen LogP contribution in [0.4, 0.5) is 5.69 Å². The van der Waals surface area contributed by atoms with Crippen LogP contribution < -0.4 is 16.0 Å². The summed E-state index contributed by atoms with van der Waals surface area (Å²) < 4.78 is 0. The molecule has 0 heterocycles. The number of amides is 1. The molecule has 6 heteroatoms. The van der Waals surface area contributed by atoms with Gasteiger partial charge in [0, 0.05) is 12.2 Å². The summed E-state index contributed by atoms with van der Waals surface area (Å²) in [5.74, 6) is 0.563. The van der Waals surface area contributed by atoms with E-state index in [2.05, 4.69) is 33.9 Å². The van der Waals surface area contributed by atoms with E-state index in [-0.39, 0.29) is 18.2 Å². The number of hydrogen-bond acceptors (Lipinski definition) is 3. The number of aromatic hydroxyl groups is 1. The van der Waals surface area contributed by atoms with Gasteiger partial charge in [0.1, 0.15) is 5.75 Å². The molecule has 2 aromatic carbocycles. The summed E-state index contributed by atoms with van der Waals surface area (Å²) in [6.45, 7) is 5.37. The van der Waals surface area contributed by atoms with Crippen molar-refractivity contribution < 1.29 is 9.90 Å². The van der Waals surface area contributed by atoms with E-state index in [9.17, 15) is 9.90 Å². The highest BCUT2D eigenvalue weighted by Gasteiger charge is 2.05. The number of phenolic OH excluding ortho intramolecular Hbond substituents is 1. The van der Waals surface area contributed by atoms with Crippen molar-refractivity contribution in [1.82, 2.24) is 10.6 Å². The Bertz CT molecular complexity index is 726. The minimum Gasteiger partial charge on any atom is -0.508 e. The average molecular weight is 340 g/mol. The van der Waals surface area contributed by atoms with E-state index in [0.29, 0.717) is 24.7 Å². The maximum Gasteiger partial charge on any atom is 0.243 e. The van der Waals surface area contributed by atoms with Gasteiger partial charge in [-0.2, -0.15) is 0 Å². The molecule has 0 aliphatic carbocycles. The first kappa shape index (κ1) is 18.3. The molecule has 6 nitrogen and oxygen atoms in total. The maximum atomic E-state index is 12.0. The smallest absolute Gasteiger partial charge is 0.243 e. The number of nitrogens with zero attached hydrogens (tertiary/aromatic N) is 1. The summed E-state index contributed by atoms with van der Waals surface area (Å²) in [6, 6.07) is 14.4. The topological polar surface area (TPSA) is 85.8 Å². The van der Waals surface area contributed by atoms with Crippen LogP contribution in [0.3, 0.4) is 0 Å². The number of aryl methyl sites for hydroxylation is 1. The highest BCUT2D eigenvalue weighted by atomic mass is 16.3. The Labute approximate surface area is 148 Å². The predicted octanol–water partition coefficient (Wildman–Crippen LogP) is 2.39. The summed E-state index contributed by atoms with van der Waals surface area (Å²) in [6.07, 6.45) is 0. The van der Waals surface area contributed by atoms with Gasteiger partial charge >= 0.3 is 0 Å². The molecule has 0 bridgehead atoms. The van der Waals surface area contributed by atoms with Gasteiger partial charge in [0.25, 0.3) is 0 Å². The molecule has 0 aliphatic heterocycles. The van der Waals surface area contributed by atoms with Crippen molar-refractivity contribution in [2.24, 2.45) is 4.99 Å². The molecule has 0 saturated carbocycles. The Morgan fingerprint density at radius 2 is 1.80 bits per heavy atom. The summed E-state index contributed by atoms with van der Waals surface area (Å²) >= 11 is 0. The van der Waals surface area contributed by atoms with Gasteiger partial charge < -0.3 is 21.1 Å². The molecule has 0 aromatic heterocycles. The Balaban J connectivity index is 1.89. The van der Waals surface area contributed by atoms with Crippen LogP contribution in [-0.2, 0) is 11.3 Å². The highest BCUT2D eigenvalue weighted by Crippen LogP contribution is 2.13. The lowest BCUT2D eigenvalue weighted by Crippen LogP contribution is -2.41. The summed E-state index contributed by atoms with van der Waals surface area (Å²) in [5.41, 5.74) is 2.96. The molecular formula is C19H24N4O2. The standard InChI is InChI=1S/C19H24N4O2/c1-3-20-19(21-12-15-7-5-4-6-14(15)2)22-13-18(25)23-16-8-10-17(24)11-9-16/h4-11,24H,3,12-13H2,1-2H3,(H,23,25)(H2,20,21,22). The van der Waals surface area contributed by atoms with Gasteiger partial charge in [0.05, 0.1) is 13.1 Å². The van der Waals surface area contributed by atoms with E-state index >= 15 is 0 Å². The Morgan fingerprint density at radius 3 is 2.48 bits per heavy atom. The lowest BCUT2D eigenvalue weighted by molar-refractivity contribution is -0.115. The van der Waals surface area contributed by atoms with Crippen LogP contribution in [0.1, 0.15) is 18.1 Å². The van der Waals surface area contributed by atoms with Gasteiger partial charge in [-0.15, -0.1) is 0 Å². The number of carbonyl (C=O) groups excluding carboxylic acids is 1. The zero-order valence-electron chi connectivity index (χ0n) is 14.5. The van der Waals surface area contributed by atoms with Crippen LogP contribution in [0.2, 0.25) is 0 Å². The van der Waals surface area contributed by atoms with Crippen molar-refractivity contribution in [3.8, 4) is 5.75 Å². The fraction of sp³-hybridized carbons (Fsp3) is 0.263. The number of hydrogen-bond donors (Lipinski definition) is 4. The fourth-order valence-corrected chi connectivity index (χ4v) is 2.21. The molecule has 1 amide bonds. The van der Waals surface area contributed by atoms with Crippen molar-refractivity contribution in [3.63, 3.8) is 0 Å². The highest BCUT2D eigenvalue weighted by molar-refractivity contribution is 5.95. The van der Waals surface area contributed by atoms with Crippen LogP contribution in [-0.4, -0.2) is 30.1 Å². The van der Waals surface area contributed by atoms with Crippen LogP contribution in [0.5, 0.6) is 5.75 Å². The predicted molar refractivity (Wildman–Crippen MR) is 101 cm³/mol. The first-order valence-electron chi connectivity index (χ1n) is 8.24. The molecule has 0 saturated heterocycles. The molecule has 0 spiro atoms. The van der Waals surface area contributed by atoms with E-state index in [1.54, 1.807) is 12.1 Å². The Hall–Kier alpha value is -3.02. The Morgan fingerprint density at radius 1 is 1.08 bits per heavy atom. The minimum atomic E-state index is -0.188. The third kappa shape index (κ3) is 6.18. The van der Waals surface area contributed by atoms with E-state index in [1.807, 2.05) is 25.1 Å². The van der Waals surface area contributed by atoms with E-state index < -0.39 is 0 Å². The summed E-state index contributed by atoms with van der Waals surface area (Å²) in [7, 11) is 0. The van der Waals surface area contributed by atoms with E-state index in [1.165, 1.54) is 17.7 Å². The SMILES string of the molecule is CCNC(=NCc1ccccc1C)NCC(=O)Nc1ccc(O)cc1. The second kappa shape index (κ2) is 9.32. The first-order chi connectivity index (χ1) is 12.1. The monoisotopic (exact) mass is 340 g/mol. The normalized spacial score (nSPS) is 11.0. The molecule has 0 aliphatic rings. The van der Waals surface area contributed by atoms with Crippen molar-refractivity contribution >= 4 is 17.6 Å². The van der Waals surface area contributed by atoms with Gasteiger partial charge in [-0.05, 0) is 49.2 Å². The largest absolute Gasteiger partial charge is 0.508 e. The van der Waals surface area contributed by atoms with Crippen molar-refractivity contribution in [3.05, 3.63) is 59.7 Å². The zero-order valence-corrected chi connectivity index (χ0v) is 14.5.